The van der Waals surface area contributed by atoms with Crippen LogP contribution in [0.25, 0.3) is 6.08 Å². The number of nitrogens with one attached hydrogen (secondary N) is 1. The Labute approximate surface area is 135 Å². The number of benzene rings is 1. The van der Waals surface area contributed by atoms with Gasteiger partial charge in [-0.05, 0) is 37.0 Å². The van der Waals surface area contributed by atoms with E-state index in [4.69, 9.17) is 9.47 Å². The van der Waals surface area contributed by atoms with Crippen molar-refractivity contribution in [2.75, 3.05) is 26.5 Å². The standard InChI is InChI=1S/C16H21NO4S/c1-12(16(19)17-10-11-20-2)21-15(18)9-6-13-4-7-14(22-3)8-5-13/h4-9,12H,10-11H2,1-3H3,(H,17,19)/b9-6+/t12-/m0/s1. The monoisotopic (exact) mass is 323 g/mol. The molecule has 0 heterocycles. The number of hydrogen-bond donors (Lipinski definition) is 1. The minimum absolute atomic E-state index is 0.344. The Morgan fingerprint density at radius 1 is 1.32 bits per heavy atom. The average molecular weight is 323 g/mol. The van der Waals surface area contributed by atoms with Gasteiger partial charge >= 0.3 is 5.97 Å². The van der Waals surface area contributed by atoms with Crippen LogP contribution in [-0.2, 0) is 19.1 Å². The molecule has 6 heteroatoms. The van der Waals surface area contributed by atoms with Crippen LogP contribution in [0.1, 0.15) is 12.5 Å². The van der Waals surface area contributed by atoms with Gasteiger partial charge < -0.3 is 14.8 Å². The molecule has 0 aromatic heterocycles. The number of esters is 1. The molecule has 0 bridgehead atoms. The number of rotatable bonds is 8. The maximum atomic E-state index is 11.7. The molecule has 0 radical (unpaired) electrons. The zero-order chi connectivity index (χ0) is 16.4. The van der Waals surface area contributed by atoms with Gasteiger partial charge in [-0.2, -0.15) is 0 Å². The van der Waals surface area contributed by atoms with Gasteiger partial charge in [-0.15, -0.1) is 11.8 Å². The van der Waals surface area contributed by atoms with Gasteiger partial charge in [-0.1, -0.05) is 12.1 Å². The quantitative estimate of drug-likeness (QED) is 0.344. The van der Waals surface area contributed by atoms with E-state index in [0.717, 1.165) is 10.5 Å². The minimum atomic E-state index is -0.840. The van der Waals surface area contributed by atoms with Gasteiger partial charge in [-0.3, -0.25) is 4.79 Å². The van der Waals surface area contributed by atoms with Gasteiger partial charge in [0.1, 0.15) is 0 Å². The topological polar surface area (TPSA) is 64.6 Å². The summed E-state index contributed by atoms with van der Waals surface area (Å²) in [6, 6.07) is 7.77. The third kappa shape index (κ3) is 6.78. The number of carbonyl (C=O) groups is 2. The molecule has 0 aliphatic carbocycles. The van der Waals surface area contributed by atoms with Gasteiger partial charge in [0, 0.05) is 24.6 Å². The van der Waals surface area contributed by atoms with Crippen LogP contribution in [-0.4, -0.2) is 44.5 Å². The normalized spacial score (nSPS) is 12.1. The lowest BCUT2D eigenvalue weighted by Gasteiger charge is -2.11. The fourth-order valence-corrected chi connectivity index (χ4v) is 1.97. The SMILES string of the molecule is COCCNC(=O)[C@H](C)OC(=O)/C=C/c1ccc(SC)cc1. The van der Waals surface area contributed by atoms with Crippen molar-refractivity contribution in [1.82, 2.24) is 5.32 Å². The second-order valence-corrected chi connectivity index (χ2v) is 5.35. The van der Waals surface area contributed by atoms with Crippen LogP contribution in [0, 0.1) is 0 Å². The lowest BCUT2D eigenvalue weighted by molar-refractivity contribution is -0.150. The first-order chi connectivity index (χ1) is 10.6. The summed E-state index contributed by atoms with van der Waals surface area (Å²) in [6.07, 6.45) is 4.13. The van der Waals surface area contributed by atoms with E-state index in [-0.39, 0.29) is 5.91 Å². The molecule has 22 heavy (non-hydrogen) atoms. The predicted octanol–water partition coefficient (Wildman–Crippen LogP) is 2.12. The first-order valence-electron chi connectivity index (χ1n) is 6.86. The van der Waals surface area contributed by atoms with Gasteiger partial charge in [-0.25, -0.2) is 4.79 Å². The molecule has 1 amide bonds. The molecule has 5 nitrogen and oxygen atoms in total. The third-order valence-corrected chi connectivity index (χ3v) is 3.54. The predicted molar refractivity (Wildman–Crippen MR) is 87.7 cm³/mol. The Morgan fingerprint density at radius 2 is 2.00 bits per heavy atom. The molecule has 0 saturated carbocycles. The second kappa shape index (κ2) is 10.0. The Hall–Kier alpha value is -1.79. The number of thioether (sulfide) groups is 1. The van der Waals surface area contributed by atoms with E-state index in [2.05, 4.69) is 5.32 Å². The highest BCUT2D eigenvalue weighted by atomic mass is 32.2. The van der Waals surface area contributed by atoms with Crippen LogP contribution >= 0.6 is 11.8 Å². The van der Waals surface area contributed by atoms with Crippen molar-refractivity contribution in [3.8, 4) is 0 Å². The molecule has 1 aromatic rings. The zero-order valence-electron chi connectivity index (χ0n) is 13.0. The van der Waals surface area contributed by atoms with Gasteiger partial charge in [0.25, 0.3) is 5.91 Å². The van der Waals surface area contributed by atoms with E-state index in [0.29, 0.717) is 13.2 Å². The molecule has 0 spiro atoms. The highest BCUT2D eigenvalue weighted by Crippen LogP contribution is 2.15. The summed E-state index contributed by atoms with van der Waals surface area (Å²) in [6.45, 7) is 2.33. The number of amides is 1. The number of methoxy groups -OCH3 is 1. The number of ether oxygens (including phenoxy) is 2. The molecule has 0 unspecified atom stereocenters. The Balaban J connectivity index is 2.43. The molecule has 1 N–H and O–H groups in total. The molecule has 0 aliphatic heterocycles. The molecule has 1 aromatic carbocycles. The van der Waals surface area contributed by atoms with E-state index in [1.54, 1.807) is 24.9 Å². The van der Waals surface area contributed by atoms with Crippen LogP contribution < -0.4 is 5.32 Å². The second-order valence-electron chi connectivity index (χ2n) is 4.47. The molecule has 0 aliphatic rings. The van der Waals surface area contributed by atoms with Crippen molar-refractivity contribution in [3.63, 3.8) is 0 Å². The van der Waals surface area contributed by atoms with Crippen LogP contribution in [0.5, 0.6) is 0 Å². The molecule has 1 rings (SSSR count). The summed E-state index contributed by atoms with van der Waals surface area (Å²) < 4.78 is 9.85. The summed E-state index contributed by atoms with van der Waals surface area (Å²) >= 11 is 1.65. The van der Waals surface area contributed by atoms with Gasteiger partial charge in [0.2, 0.25) is 0 Å². The first kappa shape index (κ1) is 18.3. The summed E-state index contributed by atoms with van der Waals surface area (Å²) in [7, 11) is 1.55. The van der Waals surface area contributed by atoms with E-state index in [1.807, 2.05) is 30.5 Å². The Bertz CT molecular complexity index is 513. The van der Waals surface area contributed by atoms with Crippen molar-refractivity contribution >= 4 is 29.7 Å². The molecule has 0 saturated heterocycles. The van der Waals surface area contributed by atoms with Gasteiger partial charge in [0.05, 0.1) is 6.61 Å². The fraction of sp³-hybridized carbons (Fsp3) is 0.375. The maximum Gasteiger partial charge on any atom is 0.331 e. The highest BCUT2D eigenvalue weighted by molar-refractivity contribution is 7.98. The zero-order valence-corrected chi connectivity index (χ0v) is 13.8. The van der Waals surface area contributed by atoms with Crippen LogP contribution in [0.4, 0.5) is 0 Å². The molecule has 1 atom stereocenters. The maximum absolute atomic E-state index is 11.7. The summed E-state index contributed by atoms with van der Waals surface area (Å²) in [5.41, 5.74) is 0.895. The molecular formula is C16H21NO4S. The highest BCUT2D eigenvalue weighted by Gasteiger charge is 2.15. The smallest absolute Gasteiger partial charge is 0.331 e. The first-order valence-corrected chi connectivity index (χ1v) is 8.08. The summed E-state index contributed by atoms with van der Waals surface area (Å²) in [5, 5.41) is 2.61. The van der Waals surface area contributed by atoms with E-state index < -0.39 is 12.1 Å². The lowest BCUT2D eigenvalue weighted by atomic mass is 10.2. The van der Waals surface area contributed by atoms with E-state index in [9.17, 15) is 9.59 Å². The Kier molecular flexibility index (Phi) is 8.32. The summed E-state index contributed by atoms with van der Waals surface area (Å²) in [5.74, 6) is -0.897. The van der Waals surface area contributed by atoms with Gasteiger partial charge in [0.15, 0.2) is 6.10 Å². The summed E-state index contributed by atoms with van der Waals surface area (Å²) in [4.78, 5) is 24.4. The lowest BCUT2D eigenvalue weighted by Crippen LogP contribution is -2.37. The molecule has 120 valence electrons. The van der Waals surface area contributed by atoms with Crippen molar-refractivity contribution < 1.29 is 19.1 Å². The average Bonchev–Trinajstić information content (AvgIpc) is 2.53. The fourth-order valence-electron chi connectivity index (χ4n) is 1.57. The minimum Gasteiger partial charge on any atom is -0.449 e. The largest absolute Gasteiger partial charge is 0.449 e. The van der Waals surface area contributed by atoms with Crippen LogP contribution in [0.2, 0.25) is 0 Å². The van der Waals surface area contributed by atoms with Crippen LogP contribution in [0.15, 0.2) is 35.2 Å². The van der Waals surface area contributed by atoms with Crippen LogP contribution in [0.3, 0.4) is 0 Å². The number of hydrogen-bond acceptors (Lipinski definition) is 5. The number of carbonyl (C=O) groups excluding carboxylic acids is 2. The van der Waals surface area contributed by atoms with Crippen molar-refractivity contribution in [1.29, 1.82) is 0 Å². The molecular weight excluding hydrogens is 302 g/mol. The third-order valence-electron chi connectivity index (χ3n) is 2.80. The van der Waals surface area contributed by atoms with E-state index >= 15 is 0 Å². The van der Waals surface area contributed by atoms with Crippen molar-refractivity contribution in [2.45, 2.75) is 17.9 Å². The van der Waals surface area contributed by atoms with Crippen molar-refractivity contribution in [3.05, 3.63) is 35.9 Å². The van der Waals surface area contributed by atoms with E-state index in [1.165, 1.54) is 13.0 Å². The molecule has 0 fully saturated rings. The van der Waals surface area contributed by atoms with Crippen molar-refractivity contribution in [2.24, 2.45) is 0 Å². The Morgan fingerprint density at radius 3 is 2.59 bits per heavy atom.